The van der Waals surface area contributed by atoms with E-state index in [9.17, 15) is 0 Å². The predicted octanol–water partition coefficient (Wildman–Crippen LogP) is 2.66. The van der Waals surface area contributed by atoms with Crippen LogP contribution in [0.4, 0.5) is 0 Å². The SMILES string of the molecule is CCNCc1ccc(Cn2cnc(C)c2C)cc1. The van der Waals surface area contributed by atoms with E-state index in [-0.39, 0.29) is 0 Å². The lowest BCUT2D eigenvalue weighted by atomic mass is 10.1. The molecular formula is C15H21N3. The molecule has 3 nitrogen and oxygen atoms in total. The molecule has 1 aromatic heterocycles. The minimum atomic E-state index is 0.897. The van der Waals surface area contributed by atoms with Crippen molar-refractivity contribution < 1.29 is 0 Å². The molecule has 2 rings (SSSR count). The van der Waals surface area contributed by atoms with Crippen molar-refractivity contribution in [3.05, 3.63) is 53.1 Å². The van der Waals surface area contributed by atoms with Gasteiger partial charge in [0.15, 0.2) is 0 Å². The fourth-order valence-electron chi connectivity index (χ4n) is 1.93. The van der Waals surface area contributed by atoms with Crippen LogP contribution in [0.1, 0.15) is 29.4 Å². The van der Waals surface area contributed by atoms with E-state index in [0.29, 0.717) is 0 Å². The summed E-state index contributed by atoms with van der Waals surface area (Å²) in [6.07, 6.45) is 1.91. The van der Waals surface area contributed by atoms with Gasteiger partial charge in [-0.3, -0.25) is 0 Å². The Labute approximate surface area is 109 Å². The standard InChI is InChI=1S/C15H21N3/c1-4-16-9-14-5-7-15(8-6-14)10-18-11-17-12(2)13(18)3/h5-8,11,16H,4,9-10H2,1-3H3. The summed E-state index contributed by atoms with van der Waals surface area (Å²) in [7, 11) is 0. The van der Waals surface area contributed by atoms with E-state index in [2.05, 4.69) is 53.0 Å². The molecule has 0 unspecified atom stereocenters. The molecule has 2 aromatic rings. The van der Waals surface area contributed by atoms with Crippen LogP contribution in [0.2, 0.25) is 0 Å². The van der Waals surface area contributed by atoms with Gasteiger partial charge in [-0.1, -0.05) is 31.2 Å². The molecule has 1 heterocycles. The zero-order valence-electron chi connectivity index (χ0n) is 11.4. The third kappa shape index (κ3) is 2.99. The lowest BCUT2D eigenvalue weighted by Crippen LogP contribution is -2.11. The summed E-state index contributed by atoms with van der Waals surface area (Å²) < 4.78 is 2.19. The largest absolute Gasteiger partial charge is 0.330 e. The minimum absolute atomic E-state index is 0.897. The number of aromatic nitrogens is 2. The van der Waals surface area contributed by atoms with Gasteiger partial charge < -0.3 is 9.88 Å². The van der Waals surface area contributed by atoms with Crippen LogP contribution in [0.3, 0.4) is 0 Å². The van der Waals surface area contributed by atoms with Crippen molar-refractivity contribution in [1.82, 2.24) is 14.9 Å². The van der Waals surface area contributed by atoms with Crippen LogP contribution in [0, 0.1) is 13.8 Å². The van der Waals surface area contributed by atoms with Crippen molar-refractivity contribution in [2.75, 3.05) is 6.54 Å². The first-order chi connectivity index (χ1) is 8.70. The predicted molar refractivity (Wildman–Crippen MR) is 74.6 cm³/mol. The molecule has 0 aliphatic heterocycles. The van der Waals surface area contributed by atoms with Gasteiger partial charge in [0.05, 0.1) is 12.0 Å². The summed E-state index contributed by atoms with van der Waals surface area (Å²) in [5.41, 5.74) is 5.00. The topological polar surface area (TPSA) is 29.9 Å². The highest BCUT2D eigenvalue weighted by Crippen LogP contribution is 2.10. The molecule has 1 aromatic carbocycles. The third-order valence-corrected chi connectivity index (χ3v) is 3.30. The molecule has 0 saturated carbocycles. The molecule has 0 aliphatic carbocycles. The van der Waals surface area contributed by atoms with Crippen LogP contribution in [0.5, 0.6) is 0 Å². The van der Waals surface area contributed by atoms with Crippen molar-refractivity contribution in [2.24, 2.45) is 0 Å². The average molecular weight is 243 g/mol. The molecular weight excluding hydrogens is 222 g/mol. The third-order valence-electron chi connectivity index (χ3n) is 3.30. The molecule has 0 aliphatic rings. The van der Waals surface area contributed by atoms with Crippen molar-refractivity contribution in [2.45, 2.75) is 33.9 Å². The first kappa shape index (κ1) is 12.8. The molecule has 0 radical (unpaired) electrons. The Hall–Kier alpha value is -1.61. The van der Waals surface area contributed by atoms with Crippen LogP contribution in [-0.4, -0.2) is 16.1 Å². The second-order valence-corrected chi connectivity index (χ2v) is 4.64. The van der Waals surface area contributed by atoms with Crippen molar-refractivity contribution in [3.8, 4) is 0 Å². The summed E-state index contributed by atoms with van der Waals surface area (Å²) in [5.74, 6) is 0. The minimum Gasteiger partial charge on any atom is -0.330 e. The van der Waals surface area contributed by atoms with Gasteiger partial charge in [-0.15, -0.1) is 0 Å². The molecule has 0 spiro atoms. The van der Waals surface area contributed by atoms with E-state index in [1.54, 1.807) is 0 Å². The maximum atomic E-state index is 4.32. The van der Waals surface area contributed by atoms with Gasteiger partial charge in [0.25, 0.3) is 0 Å². The Bertz CT molecular complexity index is 497. The quantitative estimate of drug-likeness (QED) is 0.875. The fraction of sp³-hybridized carbons (Fsp3) is 0.400. The maximum Gasteiger partial charge on any atom is 0.0954 e. The number of nitrogens with one attached hydrogen (secondary N) is 1. The van der Waals surface area contributed by atoms with Crippen LogP contribution >= 0.6 is 0 Å². The van der Waals surface area contributed by atoms with Gasteiger partial charge in [-0.2, -0.15) is 0 Å². The van der Waals surface area contributed by atoms with Gasteiger partial charge in [-0.25, -0.2) is 4.98 Å². The molecule has 18 heavy (non-hydrogen) atoms. The summed E-state index contributed by atoms with van der Waals surface area (Å²) in [6, 6.07) is 8.77. The fourth-order valence-corrected chi connectivity index (χ4v) is 1.93. The number of imidazole rings is 1. The molecule has 3 heteroatoms. The highest BCUT2D eigenvalue weighted by molar-refractivity contribution is 5.23. The molecule has 0 amide bonds. The highest BCUT2D eigenvalue weighted by Gasteiger charge is 2.02. The van der Waals surface area contributed by atoms with E-state index in [0.717, 1.165) is 25.3 Å². The lowest BCUT2D eigenvalue weighted by Gasteiger charge is -2.07. The summed E-state index contributed by atoms with van der Waals surface area (Å²) in [4.78, 5) is 4.32. The number of nitrogens with zero attached hydrogens (tertiary/aromatic N) is 2. The second kappa shape index (κ2) is 5.83. The van der Waals surface area contributed by atoms with Gasteiger partial charge in [-0.05, 0) is 31.5 Å². The van der Waals surface area contributed by atoms with Gasteiger partial charge in [0.1, 0.15) is 0 Å². The molecule has 0 bridgehead atoms. The number of rotatable bonds is 5. The van der Waals surface area contributed by atoms with Crippen LogP contribution in [0.15, 0.2) is 30.6 Å². The molecule has 0 fully saturated rings. The Morgan fingerprint density at radius 1 is 1.11 bits per heavy atom. The first-order valence-electron chi connectivity index (χ1n) is 6.47. The van der Waals surface area contributed by atoms with Crippen LogP contribution in [0.25, 0.3) is 0 Å². The normalized spacial score (nSPS) is 10.8. The Morgan fingerprint density at radius 2 is 1.78 bits per heavy atom. The Kier molecular flexibility index (Phi) is 4.15. The number of hydrogen-bond donors (Lipinski definition) is 1. The van der Waals surface area contributed by atoms with Crippen molar-refractivity contribution in [1.29, 1.82) is 0 Å². The summed E-state index contributed by atoms with van der Waals surface area (Å²) in [6.45, 7) is 9.13. The van der Waals surface area contributed by atoms with E-state index in [4.69, 9.17) is 0 Å². The monoisotopic (exact) mass is 243 g/mol. The maximum absolute atomic E-state index is 4.32. The molecule has 96 valence electrons. The van der Waals surface area contributed by atoms with Crippen LogP contribution in [-0.2, 0) is 13.1 Å². The number of benzene rings is 1. The smallest absolute Gasteiger partial charge is 0.0954 e. The van der Waals surface area contributed by atoms with Crippen molar-refractivity contribution >= 4 is 0 Å². The Morgan fingerprint density at radius 3 is 2.33 bits per heavy atom. The van der Waals surface area contributed by atoms with Gasteiger partial charge in [0.2, 0.25) is 0 Å². The van der Waals surface area contributed by atoms with E-state index in [1.807, 2.05) is 13.3 Å². The van der Waals surface area contributed by atoms with Crippen molar-refractivity contribution in [3.63, 3.8) is 0 Å². The number of hydrogen-bond acceptors (Lipinski definition) is 2. The molecule has 0 saturated heterocycles. The highest BCUT2D eigenvalue weighted by atomic mass is 15.0. The lowest BCUT2D eigenvalue weighted by molar-refractivity contribution is 0.725. The Balaban J connectivity index is 2.04. The zero-order chi connectivity index (χ0) is 13.0. The number of aryl methyl sites for hydroxylation is 1. The second-order valence-electron chi connectivity index (χ2n) is 4.64. The zero-order valence-corrected chi connectivity index (χ0v) is 11.4. The summed E-state index contributed by atoms with van der Waals surface area (Å²) in [5, 5.41) is 3.33. The first-order valence-corrected chi connectivity index (χ1v) is 6.47. The molecule has 1 N–H and O–H groups in total. The van der Waals surface area contributed by atoms with E-state index >= 15 is 0 Å². The van der Waals surface area contributed by atoms with Gasteiger partial charge in [0, 0.05) is 18.8 Å². The average Bonchev–Trinajstić information content (AvgIpc) is 2.70. The van der Waals surface area contributed by atoms with E-state index < -0.39 is 0 Å². The summed E-state index contributed by atoms with van der Waals surface area (Å²) >= 11 is 0. The van der Waals surface area contributed by atoms with E-state index in [1.165, 1.54) is 16.8 Å². The molecule has 0 atom stereocenters. The van der Waals surface area contributed by atoms with Crippen LogP contribution < -0.4 is 5.32 Å². The van der Waals surface area contributed by atoms with Gasteiger partial charge >= 0.3 is 0 Å².